The smallest absolute Gasteiger partial charge is 0.200 e. The first kappa shape index (κ1) is 10.9. The summed E-state index contributed by atoms with van der Waals surface area (Å²) < 4.78 is 26.0. The van der Waals surface area contributed by atoms with Crippen molar-refractivity contribution in [1.82, 2.24) is 0 Å². The zero-order valence-electron chi connectivity index (χ0n) is 7.72. The Kier molecular flexibility index (Phi) is 3.03. The minimum absolute atomic E-state index is 0.0536. The molecule has 0 saturated carbocycles. The normalized spacial score (nSPS) is 12.9. The molecular formula is C9H12F2N2O. The van der Waals surface area contributed by atoms with Gasteiger partial charge >= 0.3 is 0 Å². The molecule has 14 heavy (non-hydrogen) atoms. The summed E-state index contributed by atoms with van der Waals surface area (Å²) in [5.74, 6) is -3.09. The van der Waals surface area contributed by atoms with Gasteiger partial charge in [-0.25, -0.2) is 4.39 Å². The van der Waals surface area contributed by atoms with Gasteiger partial charge in [-0.3, -0.25) is 0 Å². The van der Waals surface area contributed by atoms with Gasteiger partial charge in [0.2, 0.25) is 5.82 Å². The molecule has 1 atom stereocenters. The van der Waals surface area contributed by atoms with E-state index in [1.54, 1.807) is 0 Å². The molecule has 0 saturated heterocycles. The Hall–Kier alpha value is -1.20. The van der Waals surface area contributed by atoms with Gasteiger partial charge in [0.05, 0.1) is 0 Å². The SMILES string of the molecule is Cc1cc(C(N)CN)c(O)c(F)c1F. The largest absolute Gasteiger partial charge is 0.505 e. The number of phenolic OH excluding ortho intramolecular Hbond substituents is 1. The Morgan fingerprint density at radius 3 is 2.50 bits per heavy atom. The molecule has 0 spiro atoms. The molecule has 1 unspecified atom stereocenters. The predicted molar refractivity (Wildman–Crippen MR) is 48.7 cm³/mol. The molecular weight excluding hydrogens is 190 g/mol. The van der Waals surface area contributed by atoms with Crippen molar-refractivity contribution in [3.05, 3.63) is 28.8 Å². The summed E-state index contributed by atoms with van der Waals surface area (Å²) in [5.41, 5.74) is 11.0. The standard InChI is InChI=1S/C9H12F2N2O/c1-4-2-5(6(13)3-12)9(14)8(11)7(4)10/h2,6,14H,3,12-13H2,1H3. The van der Waals surface area contributed by atoms with Crippen molar-refractivity contribution < 1.29 is 13.9 Å². The molecule has 0 aliphatic heterocycles. The minimum Gasteiger partial charge on any atom is -0.505 e. The van der Waals surface area contributed by atoms with E-state index in [0.29, 0.717) is 0 Å². The van der Waals surface area contributed by atoms with E-state index in [-0.39, 0.29) is 17.7 Å². The highest BCUT2D eigenvalue weighted by Crippen LogP contribution is 2.29. The predicted octanol–water partition coefficient (Wildman–Crippen LogP) is 0.937. The van der Waals surface area contributed by atoms with Crippen LogP contribution in [0.15, 0.2) is 6.07 Å². The number of hydrogen-bond acceptors (Lipinski definition) is 3. The lowest BCUT2D eigenvalue weighted by Gasteiger charge is -2.13. The summed E-state index contributed by atoms with van der Waals surface area (Å²) in [4.78, 5) is 0. The van der Waals surface area contributed by atoms with Crippen LogP contribution in [0, 0.1) is 18.6 Å². The van der Waals surface area contributed by atoms with Gasteiger partial charge in [-0.15, -0.1) is 0 Å². The zero-order chi connectivity index (χ0) is 10.9. The number of rotatable bonds is 2. The molecule has 1 aromatic rings. The molecule has 3 nitrogen and oxygen atoms in total. The van der Waals surface area contributed by atoms with E-state index in [4.69, 9.17) is 11.5 Å². The van der Waals surface area contributed by atoms with Crippen molar-refractivity contribution in [3.63, 3.8) is 0 Å². The van der Waals surface area contributed by atoms with Crippen LogP contribution in [0.4, 0.5) is 8.78 Å². The number of aryl methyl sites for hydroxylation is 1. The lowest BCUT2D eigenvalue weighted by atomic mass is 10.0. The van der Waals surface area contributed by atoms with Crippen molar-refractivity contribution >= 4 is 0 Å². The second kappa shape index (κ2) is 3.89. The second-order valence-corrected chi connectivity index (χ2v) is 3.10. The zero-order valence-corrected chi connectivity index (χ0v) is 7.72. The highest BCUT2D eigenvalue weighted by Gasteiger charge is 2.18. The van der Waals surface area contributed by atoms with Crippen LogP contribution in [0.5, 0.6) is 5.75 Å². The van der Waals surface area contributed by atoms with E-state index in [0.717, 1.165) is 0 Å². The Morgan fingerprint density at radius 2 is 2.00 bits per heavy atom. The third kappa shape index (κ3) is 1.69. The maximum atomic E-state index is 13.0. The summed E-state index contributed by atoms with van der Waals surface area (Å²) in [6.07, 6.45) is 0. The highest BCUT2D eigenvalue weighted by atomic mass is 19.2. The minimum atomic E-state index is -1.27. The molecule has 0 fully saturated rings. The van der Waals surface area contributed by atoms with Crippen molar-refractivity contribution in [2.45, 2.75) is 13.0 Å². The van der Waals surface area contributed by atoms with E-state index in [9.17, 15) is 13.9 Å². The summed E-state index contributed by atoms with van der Waals surface area (Å²) in [7, 11) is 0. The van der Waals surface area contributed by atoms with E-state index >= 15 is 0 Å². The fraction of sp³-hybridized carbons (Fsp3) is 0.333. The summed E-state index contributed by atoms with van der Waals surface area (Å²) in [5, 5.41) is 9.25. The Labute approximate surface area is 80.3 Å². The van der Waals surface area contributed by atoms with Crippen LogP contribution in [0.3, 0.4) is 0 Å². The number of nitrogens with two attached hydrogens (primary N) is 2. The Balaban J connectivity index is 3.33. The first-order chi connectivity index (χ1) is 6.49. The van der Waals surface area contributed by atoms with Crippen molar-refractivity contribution in [1.29, 1.82) is 0 Å². The molecule has 0 aliphatic rings. The maximum absolute atomic E-state index is 13.0. The van der Waals surface area contributed by atoms with Gasteiger partial charge in [0, 0.05) is 18.2 Å². The van der Waals surface area contributed by atoms with Crippen molar-refractivity contribution in [2.24, 2.45) is 11.5 Å². The number of halogens is 2. The summed E-state index contributed by atoms with van der Waals surface area (Å²) in [6, 6.07) is 0.606. The molecule has 5 heteroatoms. The summed E-state index contributed by atoms with van der Waals surface area (Å²) >= 11 is 0. The van der Waals surface area contributed by atoms with Crippen LogP contribution >= 0.6 is 0 Å². The average Bonchev–Trinajstić information content (AvgIpc) is 2.19. The summed E-state index contributed by atoms with van der Waals surface area (Å²) in [6.45, 7) is 1.45. The molecule has 0 aromatic heterocycles. The van der Waals surface area contributed by atoms with Gasteiger partial charge in [-0.1, -0.05) is 0 Å². The van der Waals surface area contributed by atoms with Gasteiger partial charge in [0.1, 0.15) is 0 Å². The van der Waals surface area contributed by atoms with Crippen LogP contribution in [0.25, 0.3) is 0 Å². The van der Waals surface area contributed by atoms with Crippen molar-refractivity contribution in [3.8, 4) is 5.75 Å². The van der Waals surface area contributed by atoms with Gasteiger partial charge in [0.15, 0.2) is 11.6 Å². The average molecular weight is 202 g/mol. The molecule has 0 bridgehead atoms. The fourth-order valence-electron chi connectivity index (χ4n) is 1.18. The van der Waals surface area contributed by atoms with Crippen LogP contribution in [-0.2, 0) is 0 Å². The molecule has 1 rings (SSSR count). The number of hydrogen-bond donors (Lipinski definition) is 3. The highest BCUT2D eigenvalue weighted by molar-refractivity contribution is 5.40. The van der Waals surface area contributed by atoms with Gasteiger partial charge in [-0.05, 0) is 18.6 Å². The van der Waals surface area contributed by atoms with E-state index in [2.05, 4.69) is 0 Å². The van der Waals surface area contributed by atoms with Crippen LogP contribution in [0.1, 0.15) is 17.2 Å². The lowest BCUT2D eigenvalue weighted by molar-refractivity contribution is 0.395. The molecule has 0 radical (unpaired) electrons. The van der Waals surface area contributed by atoms with E-state index in [1.165, 1.54) is 13.0 Å². The van der Waals surface area contributed by atoms with Crippen LogP contribution in [-0.4, -0.2) is 11.7 Å². The molecule has 78 valence electrons. The van der Waals surface area contributed by atoms with Crippen LogP contribution < -0.4 is 11.5 Å². The molecule has 0 heterocycles. The Morgan fingerprint density at radius 1 is 1.43 bits per heavy atom. The number of aromatic hydroxyl groups is 1. The number of benzene rings is 1. The first-order valence-corrected chi connectivity index (χ1v) is 4.12. The fourth-order valence-corrected chi connectivity index (χ4v) is 1.18. The van der Waals surface area contributed by atoms with Crippen molar-refractivity contribution in [2.75, 3.05) is 6.54 Å². The third-order valence-corrected chi connectivity index (χ3v) is 2.05. The molecule has 0 amide bonds. The van der Waals surface area contributed by atoms with Gasteiger partial charge in [-0.2, -0.15) is 4.39 Å². The van der Waals surface area contributed by atoms with E-state index in [1.807, 2.05) is 0 Å². The first-order valence-electron chi connectivity index (χ1n) is 4.12. The number of phenols is 1. The second-order valence-electron chi connectivity index (χ2n) is 3.10. The van der Waals surface area contributed by atoms with Gasteiger partial charge in [0.25, 0.3) is 0 Å². The lowest BCUT2D eigenvalue weighted by Crippen LogP contribution is -2.21. The monoisotopic (exact) mass is 202 g/mol. The topological polar surface area (TPSA) is 72.3 Å². The molecule has 5 N–H and O–H groups in total. The maximum Gasteiger partial charge on any atom is 0.200 e. The van der Waals surface area contributed by atoms with E-state index < -0.39 is 23.4 Å². The third-order valence-electron chi connectivity index (χ3n) is 2.05. The van der Waals surface area contributed by atoms with Crippen LogP contribution in [0.2, 0.25) is 0 Å². The Bertz CT molecular complexity index is 355. The quantitative estimate of drug-likeness (QED) is 0.668. The van der Waals surface area contributed by atoms with Gasteiger partial charge < -0.3 is 16.6 Å². The molecule has 1 aromatic carbocycles. The molecule has 0 aliphatic carbocycles.